The fraction of sp³-hybridized carbons (Fsp3) is 0.250. The molecule has 0 radical (unpaired) electrons. The Hall–Kier alpha value is -3.55. The van der Waals surface area contributed by atoms with E-state index in [0.29, 0.717) is 34.2 Å². The molecule has 0 spiro atoms. The van der Waals surface area contributed by atoms with Crippen LogP contribution < -0.4 is 25.0 Å². The summed E-state index contributed by atoms with van der Waals surface area (Å²) in [4.78, 5) is 24.4. The molecule has 0 fully saturated rings. The molecule has 8 heteroatoms. The Morgan fingerprint density at radius 1 is 0.929 bits per heavy atom. The van der Waals surface area contributed by atoms with Gasteiger partial charge in [-0.25, -0.2) is 5.43 Å². The number of para-hydroxylation sites is 2. The average molecular weight is 385 g/mol. The molecule has 0 aromatic heterocycles. The first-order valence-corrected chi connectivity index (χ1v) is 8.47. The number of hydrogen-bond donors (Lipinski definition) is 2. The maximum absolute atomic E-state index is 12.2. The van der Waals surface area contributed by atoms with Crippen LogP contribution in [0.25, 0.3) is 0 Å². The van der Waals surface area contributed by atoms with Gasteiger partial charge in [0.05, 0.1) is 33.4 Å². The minimum Gasteiger partial charge on any atom is -0.495 e. The van der Waals surface area contributed by atoms with Crippen LogP contribution in [0.1, 0.15) is 23.7 Å². The van der Waals surface area contributed by atoms with Gasteiger partial charge in [0, 0.05) is 11.3 Å². The molecule has 2 rings (SSSR count). The first kappa shape index (κ1) is 20.8. The van der Waals surface area contributed by atoms with E-state index in [1.165, 1.54) is 21.3 Å². The summed E-state index contributed by atoms with van der Waals surface area (Å²) >= 11 is 0. The monoisotopic (exact) mass is 385 g/mol. The highest BCUT2D eigenvalue weighted by Gasteiger charge is 2.11. The fourth-order valence-electron chi connectivity index (χ4n) is 2.40. The lowest BCUT2D eigenvalue weighted by atomic mass is 10.2. The van der Waals surface area contributed by atoms with Crippen molar-refractivity contribution in [3.63, 3.8) is 0 Å². The Kier molecular flexibility index (Phi) is 7.38. The molecule has 8 nitrogen and oxygen atoms in total. The largest absolute Gasteiger partial charge is 0.495 e. The summed E-state index contributed by atoms with van der Waals surface area (Å²) in [6.45, 7) is 1.65. The summed E-state index contributed by atoms with van der Waals surface area (Å²) in [5.41, 5.74) is 3.79. The van der Waals surface area contributed by atoms with Gasteiger partial charge in [-0.05, 0) is 37.3 Å². The number of amides is 2. The maximum atomic E-state index is 12.2. The van der Waals surface area contributed by atoms with Crippen LogP contribution in [0.2, 0.25) is 0 Å². The summed E-state index contributed by atoms with van der Waals surface area (Å²) in [6.07, 6.45) is 0.0181. The van der Waals surface area contributed by atoms with E-state index in [9.17, 15) is 9.59 Å². The predicted molar refractivity (Wildman–Crippen MR) is 106 cm³/mol. The lowest BCUT2D eigenvalue weighted by Gasteiger charge is -2.10. The van der Waals surface area contributed by atoms with Crippen molar-refractivity contribution in [2.45, 2.75) is 13.3 Å². The summed E-state index contributed by atoms with van der Waals surface area (Å²) < 4.78 is 15.5. The molecular formula is C20H23N3O5. The van der Waals surface area contributed by atoms with Crippen molar-refractivity contribution < 1.29 is 23.8 Å². The van der Waals surface area contributed by atoms with Crippen LogP contribution >= 0.6 is 0 Å². The molecular weight excluding hydrogens is 362 g/mol. The van der Waals surface area contributed by atoms with E-state index in [2.05, 4.69) is 15.8 Å². The van der Waals surface area contributed by atoms with Gasteiger partial charge in [-0.15, -0.1) is 0 Å². The molecule has 2 amide bonds. The van der Waals surface area contributed by atoms with Gasteiger partial charge in [-0.1, -0.05) is 12.1 Å². The molecule has 0 saturated heterocycles. The SMILES string of the molecule is COc1ccccc1NC(=O)CC(C)=NNC(=O)c1ccc(OC)c(OC)c1. The molecule has 0 aliphatic rings. The van der Waals surface area contributed by atoms with Crippen LogP contribution in [0.5, 0.6) is 17.2 Å². The van der Waals surface area contributed by atoms with Crippen LogP contribution in [0.4, 0.5) is 5.69 Å². The zero-order valence-electron chi connectivity index (χ0n) is 16.2. The van der Waals surface area contributed by atoms with E-state index in [4.69, 9.17) is 14.2 Å². The minimum atomic E-state index is -0.426. The predicted octanol–water partition coefficient (Wildman–Crippen LogP) is 2.85. The highest BCUT2D eigenvalue weighted by molar-refractivity contribution is 6.06. The number of nitrogens with zero attached hydrogens (tertiary/aromatic N) is 1. The molecule has 0 heterocycles. The van der Waals surface area contributed by atoms with Crippen LogP contribution in [0.3, 0.4) is 0 Å². The second kappa shape index (κ2) is 9.96. The van der Waals surface area contributed by atoms with Gasteiger partial charge < -0.3 is 19.5 Å². The van der Waals surface area contributed by atoms with Gasteiger partial charge in [-0.3, -0.25) is 9.59 Å². The molecule has 0 aliphatic carbocycles. The van der Waals surface area contributed by atoms with Crippen molar-refractivity contribution in [3.8, 4) is 17.2 Å². The number of benzene rings is 2. The highest BCUT2D eigenvalue weighted by Crippen LogP contribution is 2.27. The molecule has 28 heavy (non-hydrogen) atoms. The number of hydrazone groups is 1. The highest BCUT2D eigenvalue weighted by atomic mass is 16.5. The van der Waals surface area contributed by atoms with Crippen molar-refractivity contribution in [2.24, 2.45) is 5.10 Å². The first-order chi connectivity index (χ1) is 13.5. The number of carbonyl (C=O) groups excluding carboxylic acids is 2. The fourth-order valence-corrected chi connectivity index (χ4v) is 2.40. The Morgan fingerprint density at radius 3 is 2.29 bits per heavy atom. The van der Waals surface area contributed by atoms with Gasteiger partial charge in [-0.2, -0.15) is 5.10 Å². The Labute approximate surface area is 163 Å². The second-order valence-electron chi connectivity index (χ2n) is 5.78. The lowest BCUT2D eigenvalue weighted by Crippen LogP contribution is -2.21. The van der Waals surface area contributed by atoms with Gasteiger partial charge in [0.25, 0.3) is 5.91 Å². The molecule has 0 bridgehead atoms. The third kappa shape index (κ3) is 5.47. The average Bonchev–Trinajstić information content (AvgIpc) is 2.71. The Balaban J connectivity index is 1.96. The number of nitrogens with one attached hydrogen (secondary N) is 2. The number of carbonyl (C=O) groups is 2. The summed E-state index contributed by atoms with van der Waals surface area (Å²) in [5, 5.41) is 6.73. The van der Waals surface area contributed by atoms with E-state index in [-0.39, 0.29) is 12.3 Å². The smallest absolute Gasteiger partial charge is 0.271 e. The molecule has 0 unspecified atom stereocenters. The van der Waals surface area contributed by atoms with Crippen LogP contribution in [0.15, 0.2) is 47.6 Å². The van der Waals surface area contributed by atoms with Crippen molar-refractivity contribution in [1.82, 2.24) is 5.43 Å². The molecule has 0 atom stereocenters. The maximum Gasteiger partial charge on any atom is 0.271 e. The lowest BCUT2D eigenvalue weighted by molar-refractivity contribution is -0.115. The van der Waals surface area contributed by atoms with Crippen molar-refractivity contribution in [2.75, 3.05) is 26.6 Å². The number of methoxy groups -OCH3 is 3. The van der Waals surface area contributed by atoms with E-state index >= 15 is 0 Å². The molecule has 2 aromatic rings. The Morgan fingerprint density at radius 2 is 1.61 bits per heavy atom. The standard InChI is InChI=1S/C20H23N3O5/c1-13(11-19(24)21-15-7-5-6-8-16(15)26-2)22-23-20(25)14-9-10-17(27-3)18(12-14)28-4/h5-10,12H,11H2,1-4H3,(H,21,24)(H,23,25). The van der Waals surface area contributed by atoms with E-state index < -0.39 is 5.91 Å². The summed E-state index contributed by atoms with van der Waals surface area (Å²) in [6, 6.07) is 11.9. The molecule has 0 aliphatic heterocycles. The zero-order valence-corrected chi connectivity index (χ0v) is 16.2. The van der Waals surface area contributed by atoms with Crippen molar-refractivity contribution in [1.29, 1.82) is 0 Å². The van der Waals surface area contributed by atoms with Gasteiger partial charge in [0.1, 0.15) is 5.75 Å². The number of rotatable bonds is 8. The third-order valence-electron chi connectivity index (χ3n) is 3.79. The summed E-state index contributed by atoms with van der Waals surface area (Å²) in [5.74, 6) is 0.822. The van der Waals surface area contributed by atoms with Gasteiger partial charge in [0.2, 0.25) is 5.91 Å². The Bertz CT molecular complexity index is 880. The van der Waals surface area contributed by atoms with E-state index in [1.54, 1.807) is 43.3 Å². The molecule has 148 valence electrons. The zero-order chi connectivity index (χ0) is 20.5. The number of ether oxygens (including phenoxy) is 3. The van der Waals surface area contributed by atoms with Crippen molar-refractivity contribution >= 4 is 23.2 Å². The van der Waals surface area contributed by atoms with Crippen molar-refractivity contribution in [3.05, 3.63) is 48.0 Å². The first-order valence-electron chi connectivity index (χ1n) is 8.47. The third-order valence-corrected chi connectivity index (χ3v) is 3.79. The second-order valence-corrected chi connectivity index (χ2v) is 5.78. The molecule has 0 saturated carbocycles. The van der Waals surface area contributed by atoms with E-state index in [1.807, 2.05) is 6.07 Å². The van der Waals surface area contributed by atoms with Gasteiger partial charge in [0.15, 0.2) is 11.5 Å². The van der Waals surface area contributed by atoms with Crippen LogP contribution in [0, 0.1) is 0 Å². The molecule has 2 N–H and O–H groups in total. The minimum absolute atomic E-state index is 0.0181. The quantitative estimate of drug-likeness (QED) is 0.538. The van der Waals surface area contributed by atoms with Crippen LogP contribution in [-0.4, -0.2) is 38.9 Å². The normalized spacial score (nSPS) is 10.8. The van der Waals surface area contributed by atoms with E-state index in [0.717, 1.165) is 0 Å². The number of anilines is 1. The topological polar surface area (TPSA) is 98.2 Å². The number of hydrogen-bond acceptors (Lipinski definition) is 6. The molecule has 2 aromatic carbocycles. The summed E-state index contributed by atoms with van der Waals surface area (Å²) in [7, 11) is 4.53. The van der Waals surface area contributed by atoms with Crippen LogP contribution in [-0.2, 0) is 4.79 Å². The van der Waals surface area contributed by atoms with Gasteiger partial charge >= 0.3 is 0 Å².